The van der Waals surface area contributed by atoms with Crippen LogP contribution >= 0.6 is 27.5 Å². The molecule has 1 aromatic heterocycles. The molecule has 0 aliphatic carbocycles. The number of nitrogens with two attached hydrogens (primary N) is 1. The lowest BCUT2D eigenvalue weighted by Gasteiger charge is -2.16. The van der Waals surface area contributed by atoms with Gasteiger partial charge in [0, 0.05) is 5.02 Å². The molecule has 3 aromatic rings. The summed E-state index contributed by atoms with van der Waals surface area (Å²) in [7, 11) is -2.72. The van der Waals surface area contributed by atoms with Gasteiger partial charge in [0.05, 0.1) is 29.2 Å². The number of halogens is 2. The number of methoxy groups -OCH3 is 1. The number of aromatic nitrogens is 2. The normalized spacial score (nSPS) is 11.1. The van der Waals surface area contributed by atoms with Crippen molar-refractivity contribution in [3.8, 4) is 17.5 Å². The summed E-state index contributed by atoms with van der Waals surface area (Å²) < 4.78 is 35.4. The zero-order chi connectivity index (χ0) is 20.5. The van der Waals surface area contributed by atoms with Gasteiger partial charge in [0.25, 0.3) is 10.0 Å². The highest BCUT2D eigenvalue weighted by atomic mass is 79.9. The van der Waals surface area contributed by atoms with E-state index in [1.807, 2.05) is 6.07 Å². The van der Waals surface area contributed by atoms with Gasteiger partial charge in [0.15, 0.2) is 5.75 Å². The average molecular weight is 483 g/mol. The average Bonchev–Trinajstić information content (AvgIpc) is 3.01. The molecule has 0 spiro atoms. The van der Waals surface area contributed by atoms with E-state index in [0.29, 0.717) is 10.2 Å². The molecule has 0 bridgehead atoms. The second-order valence-electron chi connectivity index (χ2n) is 5.51. The highest BCUT2D eigenvalue weighted by Gasteiger charge is 2.24. The summed E-state index contributed by atoms with van der Waals surface area (Å²) in [6, 6.07) is 11.2. The van der Waals surface area contributed by atoms with E-state index in [2.05, 4.69) is 25.8 Å². The van der Waals surface area contributed by atoms with Gasteiger partial charge in [-0.15, -0.1) is 0 Å². The van der Waals surface area contributed by atoms with Gasteiger partial charge < -0.3 is 10.5 Å². The van der Waals surface area contributed by atoms with Gasteiger partial charge in [-0.05, 0) is 40.2 Å². The molecule has 0 radical (unpaired) electrons. The summed E-state index contributed by atoms with van der Waals surface area (Å²) >= 11 is 9.26. The molecule has 0 atom stereocenters. The molecule has 144 valence electrons. The first-order valence-electron chi connectivity index (χ1n) is 7.67. The molecule has 28 heavy (non-hydrogen) atoms. The fourth-order valence-corrected chi connectivity index (χ4v) is 4.97. The van der Waals surface area contributed by atoms with Crippen LogP contribution in [0, 0.1) is 11.3 Å². The van der Waals surface area contributed by atoms with Crippen molar-refractivity contribution in [2.75, 3.05) is 17.6 Å². The minimum absolute atomic E-state index is 0.0947. The van der Waals surface area contributed by atoms with Crippen LogP contribution in [0.3, 0.4) is 0 Å². The van der Waals surface area contributed by atoms with Crippen molar-refractivity contribution in [1.29, 1.82) is 5.26 Å². The number of ether oxygens (including phenoxy) is 1. The minimum Gasteiger partial charge on any atom is -0.494 e. The van der Waals surface area contributed by atoms with Crippen molar-refractivity contribution in [1.82, 2.24) is 9.78 Å². The van der Waals surface area contributed by atoms with Crippen LogP contribution in [0.5, 0.6) is 5.75 Å². The van der Waals surface area contributed by atoms with E-state index in [1.165, 1.54) is 30.1 Å². The SMILES string of the molecule is COc1c(Br)cc(Cl)cc1S(=O)(=O)Nc1ccccc1-n1ncc(C#N)c1N. The predicted molar refractivity (Wildman–Crippen MR) is 109 cm³/mol. The Morgan fingerprint density at radius 1 is 1.36 bits per heavy atom. The Morgan fingerprint density at radius 3 is 2.71 bits per heavy atom. The molecular formula is C17H13BrClN5O3S. The molecular weight excluding hydrogens is 470 g/mol. The number of nitrogen functional groups attached to an aromatic ring is 1. The zero-order valence-corrected chi connectivity index (χ0v) is 17.5. The minimum atomic E-state index is -4.08. The maximum absolute atomic E-state index is 13.0. The topological polar surface area (TPSA) is 123 Å². The summed E-state index contributed by atoms with van der Waals surface area (Å²) in [6.07, 6.45) is 1.30. The van der Waals surface area contributed by atoms with Gasteiger partial charge in [0.1, 0.15) is 22.3 Å². The molecule has 0 amide bonds. The van der Waals surface area contributed by atoms with Gasteiger partial charge in [-0.1, -0.05) is 23.7 Å². The number of nitrogens with zero attached hydrogens (tertiary/aromatic N) is 3. The summed E-state index contributed by atoms with van der Waals surface area (Å²) in [5, 5.41) is 13.3. The number of hydrogen-bond donors (Lipinski definition) is 2. The molecule has 11 heteroatoms. The predicted octanol–water partition coefficient (Wildman–Crippen LogP) is 3.55. The largest absolute Gasteiger partial charge is 0.494 e. The van der Waals surface area contributed by atoms with Gasteiger partial charge >= 0.3 is 0 Å². The van der Waals surface area contributed by atoms with Crippen LogP contribution in [-0.4, -0.2) is 25.3 Å². The molecule has 0 aliphatic rings. The number of sulfonamides is 1. The molecule has 8 nitrogen and oxygen atoms in total. The Hall–Kier alpha value is -2.74. The molecule has 0 saturated heterocycles. The standard InChI is InChI=1S/C17H13BrClN5O3S/c1-27-16-12(18)6-11(19)7-15(16)28(25,26)23-13-4-2-3-5-14(13)24-17(21)10(8-20)9-22-24/h2-7,9,23H,21H2,1H3. The highest BCUT2D eigenvalue weighted by Crippen LogP contribution is 2.36. The number of nitrogens with one attached hydrogen (secondary N) is 1. The lowest BCUT2D eigenvalue weighted by molar-refractivity contribution is 0.400. The maximum Gasteiger partial charge on any atom is 0.265 e. The summed E-state index contributed by atoms with van der Waals surface area (Å²) in [5.74, 6) is 0.206. The van der Waals surface area contributed by atoms with E-state index in [1.54, 1.807) is 24.3 Å². The first kappa shape index (κ1) is 20.0. The van der Waals surface area contributed by atoms with Crippen molar-refractivity contribution in [2.45, 2.75) is 4.90 Å². The first-order chi connectivity index (χ1) is 13.3. The quantitative estimate of drug-likeness (QED) is 0.573. The zero-order valence-electron chi connectivity index (χ0n) is 14.3. The molecule has 2 aromatic carbocycles. The van der Waals surface area contributed by atoms with Crippen molar-refractivity contribution < 1.29 is 13.2 Å². The van der Waals surface area contributed by atoms with Crippen molar-refractivity contribution in [3.63, 3.8) is 0 Å². The number of rotatable bonds is 5. The Balaban J connectivity index is 2.11. The van der Waals surface area contributed by atoms with Crippen LogP contribution in [0.1, 0.15) is 5.56 Å². The molecule has 0 fully saturated rings. The first-order valence-corrected chi connectivity index (χ1v) is 10.3. The Morgan fingerprint density at radius 2 is 2.07 bits per heavy atom. The summed E-state index contributed by atoms with van der Waals surface area (Å²) in [4.78, 5) is -0.143. The molecule has 3 rings (SSSR count). The second kappa shape index (κ2) is 7.71. The van der Waals surface area contributed by atoms with E-state index in [9.17, 15) is 8.42 Å². The van der Waals surface area contributed by atoms with Crippen molar-refractivity contribution >= 4 is 49.1 Å². The van der Waals surface area contributed by atoms with E-state index in [0.717, 1.165) is 0 Å². The van der Waals surface area contributed by atoms with Crippen LogP contribution < -0.4 is 15.2 Å². The van der Waals surface area contributed by atoms with Gasteiger partial charge in [-0.25, -0.2) is 13.1 Å². The number of para-hydroxylation sites is 2. The number of anilines is 2. The van der Waals surface area contributed by atoms with E-state index >= 15 is 0 Å². The Labute approximate surface area is 174 Å². The van der Waals surface area contributed by atoms with Crippen molar-refractivity contribution in [3.05, 3.63) is 57.7 Å². The summed E-state index contributed by atoms with van der Waals surface area (Å²) in [6.45, 7) is 0. The molecule has 0 unspecified atom stereocenters. The third-order valence-electron chi connectivity index (χ3n) is 3.77. The van der Waals surface area contributed by atoms with E-state index in [-0.39, 0.29) is 32.7 Å². The lowest BCUT2D eigenvalue weighted by atomic mass is 10.2. The number of nitriles is 1. The smallest absolute Gasteiger partial charge is 0.265 e. The lowest BCUT2D eigenvalue weighted by Crippen LogP contribution is -2.16. The molecule has 3 N–H and O–H groups in total. The number of hydrogen-bond acceptors (Lipinski definition) is 6. The molecule has 1 heterocycles. The van der Waals surface area contributed by atoms with Crippen LogP contribution in [0.25, 0.3) is 5.69 Å². The third-order valence-corrected chi connectivity index (χ3v) is 5.95. The van der Waals surface area contributed by atoms with Gasteiger partial charge in [-0.3, -0.25) is 4.72 Å². The van der Waals surface area contributed by atoms with E-state index in [4.69, 9.17) is 27.3 Å². The van der Waals surface area contributed by atoms with Crippen LogP contribution in [0.2, 0.25) is 5.02 Å². The molecule has 0 saturated carbocycles. The second-order valence-corrected chi connectivity index (χ2v) is 8.45. The Bertz CT molecular complexity index is 1200. The number of benzene rings is 2. The highest BCUT2D eigenvalue weighted by molar-refractivity contribution is 9.10. The monoisotopic (exact) mass is 481 g/mol. The third kappa shape index (κ3) is 3.64. The fourth-order valence-electron chi connectivity index (χ4n) is 2.51. The summed E-state index contributed by atoms with van der Waals surface area (Å²) in [5.41, 5.74) is 6.67. The van der Waals surface area contributed by atoms with Crippen LogP contribution in [0.4, 0.5) is 11.5 Å². The van der Waals surface area contributed by atoms with Crippen LogP contribution in [0.15, 0.2) is 52.0 Å². The van der Waals surface area contributed by atoms with E-state index < -0.39 is 10.0 Å². The van der Waals surface area contributed by atoms with Gasteiger partial charge in [-0.2, -0.15) is 10.4 Å². The van der Waals surface area contributed by atoms with Crippen LogP contribution in [-0.2, 0) is 10.0 Å². The van der Waals surface area contributed by atoms with Gasteiger partial charge in [0.2, 0.25) is 0 Å². The maximum atomic E-state index is 13.0. The van der Waals surface area contributed by atoms with Crippen molar-refractivity contribution in [2.24, 2.45) is 0 Å². The molecule has 0 aliphatic heterocycles. The Kier molecular flexibility index (Phi) is 5.51. The fraction of sp³-hybridized carbons (Fsp3) is 0.0588.